The van der Waals surface area contributed by atoms with Crippen molar-refractivity contribution >= 4 is 18.0 Å². The second kappa shape index (κ2) is 8.48. The van der Waals surface area contributed by atoms with Crippen LogP contribution in [-0.4, -0.2) is 53.0 Å². The number of carbonyl (C=O) groups is 2. The van der Waals surface area contributed by atoms with Crippen LogP contribution in [-0.2, 0) is 28.3 Å². The van der Waals surface area contributed by atoms with Crippen molar-refractivity contribution in [2.45, 2.75) is 69.7 Å². The molecule has 0 bridgehead atoms. The number of nitrogens with one attached hydrogen (secondary N) is 1. The highest BCUT2D eigenvalue weighted by molar-refractivity contribution is 5.94. The molecule has 0 radical (unpaired) electrons. The molecular formula is C23H29F2N5O3. The van der Waals surface area contributed by atoms with Gasteiger partial charge in [0.05, 0.1) is 29.9 Å². The van der Waals surface area contributed by atoms with Gasteiger partial charge in [-0.15, -0.1) is 0 Å². The third kappa shape index (κ3) is 4.48. The predicted octanol–water partition coefficient (Wildman–Crippen LogP) is 3.01. The van der Waals surface area contributed by atoms with Crippen LogP contribution < -0.4 is 10.2 Å². The molecule has 0 spiro atoms. The fraction of sp³-hybridized carbons (Fsp3) is 0.565. The van der Waals surface area contributed by atoms with E-state index in [0.29, 0.717) is 24.4 Å². The van der Waals surface area contributed by atoms with Crippen molar-refractivity contribution in [3.05, 3.63) is 40.8 Å². The number of anilines is 1. The highest BCUT2D eigenvalue weighted by Gasteiger charge is 2.59. The molecule has 3 atom stereocenters. The molecule has 8 nitrogen and oxygen atoms in total. The Morgan fingerprint density at radius 1 is 1.42 bits per heavy atom. The van der Waals surface area contributed by atoms with Crippen LogP contribution in [0.1, 0.15) is 66.3 Å². The van der Waals surface area contributed by atoms with E-state index in [1.807, 2.05) is 13.8 Å². The molecule has 3 heterocycles. The van der Waals surface area contributed by atoms with Crippen molar-refractivity contribution in [3.63, 3.8) is 0 Å². The molecule has 2 aliphatic rings. The van der Waals surface area contributed by atoms with Gasteiger partial charge in [0.2, 0.25) is 0 Å². The molecule has 2 aromatic rings. The zero-order chi connectivity index (χ0) is 24.0. The molecule has 0 saturated heterocycles. The monoisotopic (exact) mass is 461 g/mol. The van der Waals surface area contributed by atoms with E-state index in [9.17, 15) is 18.4 Å². The number of hydrogen-bond donors (Lipinski definition) is 1. The Hall–Kier alpha value is -2.88. The summed E-state index contributed by atoms with van der Waals surface area (Å²) in [5.74, 6) is -3.35. The minimum atomic E-state index is -2.70. The molecule has 0 aromatic carbocycles. The number of aldehydes is 1. The second-order valence-corrected chi connectivity index (χ2v) is 9.17. The number of aryl methyl sites for hydroxylation is 1. The average molecular weight is 462 g/mol. The fourth-order valence-corrected chi connectivity index (χ4v) is 4.16. The van der Waals surface area contributed by atoms with Gasteiger partial charge in [-0.3, -0.25) is 9.78 Å². The maximum atomic E-state index is 13.5. The van der Waals surface area contributed by atoms with Crippen LogP contribution in [0, 0.1) is 0 Å². The Morgan fingerprint density at radius 3 is 2.76 bits per heavy atom. The number of nitrogens with zero attached hydrogens (tertiary/aromatic N) is 4. The van der Waals surface area contributed by atoms with Crippen LogP contribution >= 0.6 is 0 Å². The Morgan fingerprint density at radius 2 is 2.15 bits per heavy atom. The lowest BCUT2D eigenvalue weighted by molar-refractivity contribution is -0.109. The molecule has 33 heavy (non-hydrogen) atoms. The van der Waals surface area contributed by atoms with Crippen LogP contribution in [0.3, 0.4) is 0 Å². The number of carbonyl (C=O) groups excluding carboxylic acids is 2. The highest BCUT2D eigenvalue weighted by Crippen LogP contribution is 2.55. The number of halogens is 2. The molecule has 1 amide bonds. The minimum absolute atomic E-state index is 0.195. The summed E-state index contributed by atoms with van der Waals surface area (Å²) in [6.45, 7) is 4.74. The first-order chi connectivity index (χ1) is 15.6. The van der Waals surface area contributed by atoms with Gasteiger partial charge in [0, 0.05) is 44.9 Å². The molecule has 2 aromatic heterocycles. The van der Waals surface area contributed by atoms with E-state index in [4.69, 9.17) is 4.74 Å². The summed E-state index contributed by atoms with van der Waals surface area (Å²) < 4.78 is 34.4. The predicted molar refractivity (Wildman–Crippen MR) is 117 cm³/mol. The lowest BCUT2D eigenvalue weighted by atomic mass is 9.92. The Labute approximate surface area is 191 Å². The molecule has 178 valence electrons. The van der Waals surface area contributed by atoms with Crippen molar-refractivity contribution in [1.82, 2.24) is 20.1 Å². The van der Waals surface area contributed by atoms with Gasteiger partial charge in [-0.05, 0) is 31.4 Å². The zero-order valence-electron chi connectivity index (χ0n) is 19.3. The minimum Gasteiger partial charge on any atom is -0.366 e. The van der Waals surface area contributed by atoms with Crippen molar-refractivity contribution in [3.8, 4) is 0 Å². The molecule has 1 aliphatic carbocycles. The van der Waals surface area contributed by atoms with Crippen LogP contribution in [0.15, 0.2) is 18.3 Å². The van der Waals surface area contributed by atoms with Crippen LogP contribution in [0.4, 0.5) is 14.6 Å². The molecule has 1 saturated carbocycles. The number of fused-ring (bicyclic) bond motifs is 1. The number of alkyl halides is 2. The summed E-state index contributed by atoms with van der Waals surface area (Å²) in [6, 6.07) is 2.61. The van der Waals surface area contributed by atoms with Crippen LogP contribution in [0.2, 0.25) is 0 Å². The van der Waals surface area contributed by atoms with E-state index >= 15 is 0 Å². The van der Waals surface area contributed by atoms with Crippen LogP contribution in [0.5, 0.6) is 0 Å². The average Bonchev–Trinajstić information content (AvgIpc) is 3.12. The van der Waals surface area contributed by atoms with Gasteiger partial charge in [-0.1, -0.05) is 6.92 Å². The molecule has 1 N–H and O–H groups in total. The van der Waals surface area contributed by atoms with Crippen molar-refractivity contribution in [1.29, 1.82) is 0 Å². The van der Waals surface area contributed by atoms with Gasteiger partial charge in [0.25, 0.3) is 11.8 Å². The first-order valence-electron chi connectivity index (χ1n) is 11.1. The van der Waals surface area contributed by atoms with E-state index in [0.717, 1.165) is 17.5 Å². The number of rotatable bonds is 9. The summed E-state index contributed by atoms with van der Waals surface area (Å²) in [6.07, 6.45) is 3.14. The molecule has 10 heteroatoms. The summed E-state index contributed by atoms with van der Waals surface area (Å²) in [4.78, 5) is 30.5. The first-order valence-corrected chi connectivity index (χ1v) is 11.1. The molecule has 4 rings (SSSR count). The van der Waals surface area contributed by atoms with Gasteiger partial charge in [0.1, 0.15) is 17.8 Å². The normalized spacial score (nSPS) is 23.6. The largest absolute Gasteiger partial charge is 0.366 e. The van der Waals surface area contributed by atoms with Crippen molar-refractivity contribution in [2.24, 2.45) is 0 Å². The maximum Gasteiger partial charge on any atom is 0.270 e. The van der Waals surface area contributed by atoms with Gasteiger partial charge < -0.3 is 19.7 Å². The highest BCUT2D eigenvalue weighted by atomic mass is 19.3. The first kappa shape index (κ1) is 23.3. The summed E-state index contributed by atoms with van der Waals surface area (Å²) in [5.41, 5.74) is 1.99. The van der Waals surface area contributed by atoms with E-state index in [1.54, 1.807) is 42.0 Å². The molecular weight excluding hydrogens is 432 g/mol. The number of aromatic nitrogens is 3. The Bertz CT molecular complexity index is 1070. The SMILES string of the molecule is CCC1(C)OCc2cnc(C(=O)N[C@H](C=O)CCn3nc([C@@H]4CC4(F)F)cc3N(C)C)cc21. The molecule has 1 fully saturated rings. The second-order valence-electron chi connectivity index (χ2n) is 9.17. The number of pyridine rings is 1. The number of hydrogen-bond acceptors (Lipinski definition) is 6. The van der Waals surface area contributed by atoms with Gasteiger partial charge in [-0.2, -0.15) is 5.10 Å². The summed E-state index contributed by atoms with van der Waals surface area (Å²) in [5, 5.41) is 7.05. The van der Waals surface area contributed by atoms with Crippen LogP contribution in [0.25, 0.3) is 0 Å². The zero-order valence-corrected chi connectivity index (χ0v) is 19.3. The van der Waals surface area contributed by atoms with E-state index in [1.165, 1.54) is 0 Å². The Balaban J connectivity index is 1.43. The third-order valence-corrected chi connectivity index (χ3v) is 6.56. The van der Waals surface area contributed by atoms with E-state index in [2.05, 4.69) is 15.4 Å². The Kier molecular flexibility index (Phi) is 5.98. The number of amides is 1. The molecule has 1 unspecified atom stereocenters. The van der Waals surface area contributed by atoms with Crippen molar-refractivity contribution < 1.29 is 23.1 Å². The lowest BCUT2D eigenvalue weighted by Gasteiger charge is -2.23. The summed E-state index contributed by atoms with van der Waals surface area (Å²) >= 11 is 0. The maximum absolute atomic E-state index is 13.5. The lowest BCUT2D eigenvalue weighted by Crippen LogP contribution is -2.37. The fourth-order valence-electron chi connectivity index (χ4n) is 4.16. The summed E-state index contributed by atoms with van der Waals surface area (Å²) in [7, 11) is 3.60. The topological polar surface area (TPSA) is 89.3 Å². The van der Waals surface area contributed by atoms with Crippen molar-refractivity contribution in [2.75, 3.05) is 19.0 Å². The standard InChI is InChI=1S/C23H29F2N5O3/c1-5-22(2)16-8-19(26-11-14(16)13-33-22)21(32)27-15(12-31)6-7-30-20(29(3)4)9-18(28-30)17-10-23(17,24)25/h8-9,11-12,15,17H,5-7,10,13H2,1-4H3,(H,27,32)/t15-,17-,22?/m0/s1. The quantitative estimate of drug-likeness (QED) is 0.578. The van der Waals surface area contributed by atoms with Gasteiger partial charge in [0.15, 0.2) is 0 Å². The molecule has 1 aliphatic heterocycles. The smallest absolute Gasteiger partial charge is 0.270 e. The van der Waals surface area contributed by atoms with E-state index < -0.39 is 29.4 Å². The van der Waals surface area contributed by atoms with Gasteiger partial charge in [-0.25, -0.2) is 13.5 Å². The third-order valence-electron chi connectivity index (χ3n) is 6.56. The van der Waals surface area contributed by atoms with Gasteiger partial charge >= 0.3 is 0 Å². The van der Waals surface area contributed by atoms with E-state index in [-0.39, 0.29) is 25.1 Å². The number of ether oxygens (including phenoxy) is 1.